The van der Waals surface area contributed by atoms with Crippen LogP contribution in [0.2, 0.25) is 0 Å². The number of urea groups is 1. The summed E-state index contributed by atoms with van der Waals surface area (Å²) in [6.45, 7) is 5.00. The predicted octanol–water partition coefficient (Wildman–Crippen LogP) is 4.45. The van der Waals surface area contributed by atoms with Crippen molar-refractivity contribution in [3.8, 4) is 5.00 Å². The summed E-state index contributed by atoms with van der Waals surface area (Å²) >= 11 is 1.92. The van der Waals surface area contributed by atoms with Crippen LogP contribution in [-0.4, -0.2) is 40.0 Å². The first kappa shape index (κ1) is 18.3. The minimum absolute atomic E-state index is 0.0695. The Hall–Kier alpha value is -1.79. The van der Waals surface area contributed by atoms with Crippen LogP contribution in [0.1, 0.15) is 66.8 Å². The Labute approximate surface area is 171 Å². The van der Waals surface area contributed by atoms with E-state index in [4.69, 9.17) is 0 Å². The average Bonchev–Trinajstić information content (AvgIpc) is 3.28. The summed E-state index contributed by atoms with van der Waals surface area (Å²) < 4.78 is 2.33. The molecule has 28 heavy (non-hydrogen) atoms. The second-order valence-corrected chi connectivity index (χ2v) is 9.75. The Morgan fingerprint density at radius 1 is 1.18 bits per heavy atom. The fourth-order valence-electron chi connectivity index (χ4n) is 5.08. The third-order valence-electron chi connectivity index (χ3n) is 6.75. The number of nitrogens with zero attached hydrogens (tertiary/aromatic N) is 3. The summed E-state index contributed by atoms with van der Waals surface area (Å²) in [6, 6.07) is 4.80. The van der Waals surface area contributed by atoms with Gasteiger partial charge in [-0.3, -0.25) is 0 Å². The Kier molecular flexibility index (Phi) is 4.71. The molecule has 0 unspecified atom stereocenters. The van der Waals surface area contributed by atoms with E-state index in [-0.39, 0.29) is 12.1 Å². The van der Waals surface area contributed by atoms with E-state index in [1.54, 1.807) is 0 Å². The molecule has 1 saturated carbocycles. The molecule has 1 N–H and O–H groups in total. The fraction of sp³-hybridized carbons (Fsp3) is 0.591. The standard InChI is InChI=1S/C22H30N4OS/c1-15-19-9-6-11-25(19)21-18(17-10-12-24(2)14-20(17)28-21)13-26(15)22(27)23-16-7-4-3-5-8-16/h6,9,11,15-16H,3-5,7-8,10,12-14H2,1-2H3,(H,23,27)/t15-/m0/s1. The van der Waals surface area contributed by atoms with Crippen molar-refractivity contribution in [3.05, 3.63) is 40.0 Å². The van der Waals surface area contributed by atoms with Gasteiger partial charge >= 0.3 is 6.03 Å². The lowest BCUT2D eigenvalue weighted by Crippen LogP contribution is -2.46. The minimum Gasteiger partial charge on any atom is -0.335 e. The number of rotatable bonds is 1. The van der Waals surface area contributed by atoms with Gasteiger partial charge in [-0.25, -0.2) is 4.79 Å². The maximum absolute atomic E-state index is 13.3. The lowest BCUT2D eigenvalue weighted by atomic mass is 9.95. The third-order valence-corrected chi connectivity index (χ3v) is 8.01. The van der Waals surface area contributed by atoms with Gasteiger partial charge in [-0.1, -0.05) is 19.3 Å². The number of likely N-dealkylation sites (N-methyl/N-ethyl adjacent to an activating group) is 1. The zero-order valence-electron chi connectivity index (χ0n) is 16.9. The number of fused-ring (bicyclic) bond motifs is 5. The van der Waals surface area contributed by atoms with Gasteiger partial charge in [-0.2, -0.15) is 0 Å². The van der Waals surface area contributed by atoms with E-state index >= 15 is 0 Å². The van der Waals surface area contributed by atoms with Gasteiger partial charge < -0.3 is 19.7 Å². The molecule has 4 heterocycles. The zero-order valence-corrected chi connectivity index (χ0v) is 17.7. The quantitative estimate of drug-likeness (QED) is 0.771. The van der Waals surface area contributed by atoms with Gasteiger partial charge in [0.1, 0.15) is 5.00 Å². The van der Waals surface area contributed by atoms with Crippen LogP contribution in [0.5, 0.6) is 0 Å². The summed E-state index contributed by atoms with van der Waals surface area (Å²) in [4.78, 5) is 19.2. The van der Waals surface area contributed by atoms with Crippen LogP contribution in [0.4, 0.5) is 4.79 Å². The summed E-state index contributed by atoms with van der Waals surface area (Å²) in [5, 5.41) is 4.67. The van der Waals surface area contributed by atoms with E-state index < -0.39 is 0 Å². The van der Waals surface area contributed by atoms with Crippen LogP contribution in [0, 0.1) is 0 Å². The third kappa shape index (κ3) is 3.07. The first-order valence-electron chi connectivity index (χ1n) is 10.7. The highest BCUT2D eigenvalue weighted by Crippen LogP contribution is 2.41. The lowest BCUT2D eigenvalue weighted by molar-refractivity contribution is 0.168. The minimum atomic E-state index is 0.0695. The molecule has 2 aromatic heterocycles. The van der Waals surface area contributed by atoms with Crippen LogP contribution >= 0.6 is 11.3 Å². The van der Waals surface area contributed by atoms with E-state index in [9.17, 15) is 4.79 Å². The van der Waals surface area contributed by atoms with Crippen molar-refractivity contribution in [1.29, 1.82) is 0 Å². The number of aromatic nitrogens is 1. The number of thiophene rings is 1. The van der Waals surface area contributed by atoms with E-state index in [0.717, 1.165) is 32.4 Å². The normalized spacial score (nSPS) is 22.9. The highest BCUT2D eigenvalue weighted by atomic mass is 32.1. The topological polar surface area (TPSA) is 40.5 Å². The van der Waals surface area contributed by atoms with Gasteiger partial charge in [0.2, 0.25) is 0 Å². The summed E-state index contributed by atoms with van der Waals surface area (Å²) in [5.74, 6) is 0. The monoisotopic (exact) mass is 398 g/mol. The maximum Gasteiger partial charge on any atom is 0.318 e. The number of carbonyl (C=O) groups is 1. The summed E-state index contributed by atoms with van der Waals surface area (Å²) in [6.07, 6.45) is 9.27. The second kappa shape index (κ2) is 7.23. The molecule has 1 fully saturated rings. The molecule has 5 rings (SSSR count). The number of hydrogen-bond acceptors (Lipinski definition) is 3. The first-order chi connectivity index (χ1) is 13.6. The molecule has 0 bridgehead atoms. The van der Waals surface area contributed by atoms with E-state index in [1.165, 1.54) is 46.0 Å². The smallest absolute Gasteiger partial charge is 0.318 e. The molecule has 2 aliphatic heterocycles. The highest BCUT2D eigenvalue weighted by Gasteiger charge is 2.34. The molecule has 0 radical (unpaired) electrons. The van der Waals surface area contributed by atoms with Crippen LogP contribution in [0.25, 0.3) is 5.00 Å². The van der Waals surface area contributed by atoms with E-state index in [1.807, 2.05) is 11.3 Å². The SMILES string of the molecule is C[C@H]1c2cccn2-c2sc3c(c2CN1C(=O)NC1CCCCC1)CCN(C)C3. The van der Waals surface area contributed by atoms with E-state index in [2.05, 4.69) is 52.0 Å². The molecule has 1 aliphatic carbocycles. The molecule has 0 aromatic carbocycles. The molecule has 150 valence electrons. The molecular weight excluding hydrogens is 368 g/mol. The molecule has 0 spiro atoms. The first-order valence-corrected chi connectivity index (χ1v) is 11.5. The molecule has 3 aliphatic rings. The number of carbonyl (C=O) groups excluding carboxylic acids is 1. The number of amides is 2. The Bertz CT molecular complexity index is 879. The summed E-state index contributed by atoms with van der Waals surface area (Å²) in [5.41, 5.74) is 4.07. The Morgan fingerprint density at radius 3 is 2.82 bits per heavy atom. The fourth-order valence-corrected chi connectivity index (χ4v) is 6.52. The van der Waals surface area contributed by atoms with Gasteiger partial charge in [-0.05, 0) is 50.9 Å². The number of hydrogen-bond donors (Lipinski definition) is 1. The zero-order chi connectivity index (χ0) is 19.3. The average molecular weight is 399 g/mol. The van der Waals surface area contributed by atoms with Gasteiger partial charge in [0.05, 0.1) is 12.6 Å². The van der Waals surface area contributed by atoms with Crippen LogP contribution in [-0.2, 0) is 19.5 Å². The van der Waals surface area contributed by atoms with Gasteiger partial charge in [0, 0.05) is 41.5 Å². The second-order valence-electron chi connectivity index (χ2n) is 8.67. The Morgan fingerprint density at radius 2 is 2.00 bits per heavy atom. The molecule has 6 heteroatoms. The van der Waals surface area contributed by atoms with Gasteiger partial charge in [-0.15, -0.1) is 11.3 Å². The van der Waals surface area contributed by atoms with Crippen molar-refractivity contribution in [2.75, 3.05) is 13.6 Å². The number of nitrogens with one attached hydrogen (secondary N) is 1. The molecule has 5 nitrogen and oxygen atoms in total. The van der Waals surface area contributed by atoms with Crippen molar-refractivity contribution in [2.24, 2.45) is 0 Å². The largest absolute Gasteiger partial charge is 0.335 e. The van der Waals surface area contributed by atoms with Crippen LogP contribution in [0.15, 0.2) is 18.3 Å². The summed E-state index contributed by atoms with van der Waals surface area (Å²) in [7, 11) is 2.20. The van der Waals surface area contributed by atoms with Crippen molar-refractivity contribution in [1.82, 2.24) is 19.7 Å². The van der Waals surface area contributed by atoms with Crippen LogP contribution in [0.3, 0.4) is 0 Å². The van der Waals surface area contributed by atoms with Crippen molar-refractivity contribution in [2.45, 2.75) is 70.6 Å². The van der Waals surface area contributed by atoms with Gasteiger partial charge in [0.25, 0.3) is 0 Å². The molecule has 1 atom stereocenters. The predicted molar refractivity (Wildman–Crippen MR) is 113 cm³/mol. The van der Waals surface area contributed by atoms with Gasteiger partial charge in [0.15, 0.2) is 0 Å². The highest BCUT2D eigenvalue weighted by molar-refractivity contribution is 7.15. The molecule has 2 aromatic rings. The Balaban J connectivity index is 1.50. The molecular formula is C22H30N4OS. The van der Waals surface area contributed by atoms with Crippen LogP contribution < -0.4 is 5.32 Å². The van der Waals surface area contributed by atoms with Crippen molar-refractivity contribution >= 4 is 17.4 Å². The lowest BCUT2D eigenvalue weighted by Gasteiger charge is -2.32. The van der Waals surface area contributed by atoms with Crippen molar-refractivity contribution < 1.29 is 4.79 Å². The molecule has 2 amide bonds. The van der Waals surface area contributed by atoms with E-state index in [0.29, 0.717) is 12.6 Å². The molecule has 0 saturated heterocycles. The maximum atomic E-state index is 13.3. The van der Waals surface area contributed by atoms with Crippen molar-refractivity contribution in [3.63, 3.8) is 0 Å².